The van der Waals surface area contributed by atoms with Gasteiger partial charge in [0, 0.05) is 19.3 Å². The topological polar surface area (TPSA) is 70.5 Å². The van der Waals surface area contributed by atoms with Gasteiger partial charge in [0.05, 0.1) is 6.10 Å². The Morgan fingerprint density at radius 1 is 1.14 bits per heavy atom. The zero-order valence-corrected chi connectivity index (χ0v) is 13.3. The van der Waals surface area contributed by atoms with E-state index in [0.29, 0.717) is 6.42 Å². The molecule has 1 heterocycles. The molecule has 2 aromatic rings. The van der Waals surface area contributed by atoms with Crippen LogP contribution < -0.4 is 0 Å². The van der Waals surface area contributed by atoms with Crippen LogP contribution >= 0.6 is 0 Å². The van der Waals surface area contributed by atoms with Gasteiger partial charge >= 0.3 is 0 Å². The molecule has 118 valence electrons. The summed E-state index contributed by atoms with van der Waals surface area (Å²) in [5.74, 6) is 0. The van der Waals surface area contributed by atoms with E-state index in [1.54, 1.807) is 12.1 Å². The molecule has 6 heteroatoms. The first-order chi connectivity index (χ1) is 10.5. The van der Waals surface area contributed by atoms with Gasteiger partial charge in [-0.3, -0.25) is 0 Å². The summed E-state index contributed by atoms with van der Waals surface area (Å²) in [6.45, 7) is 2.07. The molecule has 1 unspecified atom stereocenters. The smallest absolute Gasteiger partial charge is 0.260 e. The highest BCUT2D eigenvalue weighted by Crippen LogP contribution is 2.17. The van der Waals surface area contributed by atoms with Gasteiger partial charge in [0.1, 0.15) is 0 Å². The van der Waals surface area contributed by atoms with E-state index >= 15 is 0 Å². The van der Waals surface area contributed by atoms with Crippen LogP contribution in [0.2, 0.25) is 0 Å². The standard InChI is InChI=1S/C16H20N2O3S/c1-2-15(19)13-18(12-14-8-4-3-5-9-14)22(20,21)16-10-6-7-11-17-16/h3-11,15,19H,2,12-13H2,1H3. The van der Waals surface area contributed by atoms with E-state index in [1.165, 1.54) is 16.6 Å². The summed E-state index contributed by atoms with van der Waals surface area (Å²) in [6, 6.07) is 14.1. The second kappa shape index (κ2) is 7.49. The number of aliphatic hydroxyl groups is 1. The molecule has 0 bridgehead atoms. The molecule has 0 aliphatic rings. The largest absolute Gasteiger partial charge is 0.392 e. The van der Waals surface area contributed by atoms with Gasteiger partial charge in [0.25, 0.3) is 10.0 Å². The number of aliphatic hydroxyl groups excluding tert-OH is 1. The highest BCUT2D eigenvalue weighted by molar-refractivity contribution is 7.89. The van der Waals surface area contributed by atoms with Crippen LogP contribution in [-0.2, 0) is 16.6 Å². The number of nitrogens with zero attached hydrogens (tertiary/aromatic N) is 2. The van der Waals surface area contributed by atoms with Crippen molar-refractivity contribution in [2.45, 2.75) is 31.0 Å². The van der Waals surface area contributed by atoms with Gasteiger partial charge in [-0.25, -0.2) is 13.4 Å². The maximum atomic E-state index is 12.7. The van der Waals surface area contributed by atoms with Crippen molar-refractivity contribution in [3.05, 3.63) is 60.3 Å². The second-order valence-corrected chi connectivity index (χ2v) is 6.90. The Morgan fingerprint density at radius 2 is 1.82 bits per heavy atom. The fourth-order valence-corrected chi connectivity index (χ4v) is 3.43. The summed E-state index contributed by atoms with van der Waals surface area (Å²) >= 11 is 0. The summed E-state index contributed by atoms with van der Waals surface area (Å²) < 4.78 is 26.8. The summed E-state index contributed by atoms with van der Waals surface area (Å²) in [7, 11) is -3.74. The Labute approximate surface area is 131 Å². The minimum Gasteiger partial charge on any atom is -0.392 e. The molecule has 0 saturated heterocycles. The number of sulfonamides is 1. The van der Waals surface area contributed by atoms with Crippen LogP contribution in [-0.4, -0.2) is 35.5 Å². The first-order valence-corrected chi connectivity index (χ1v) is 8.61. The summed E-state index contributed by atoms with van der Waals surface area (Å²) in [4.78, 5) is 3.93. The Kier molecular flexibility index (Phi) is 5.65. The van der Waals surface area contributed by atoms with Gasteiger partial charge in [-0.2, -0.15) is 4.31 Å². The van der Waals surface area contributed by atoms with Gasteiger partial charge in [-0.15, -0.1) is 0 Å². The monoisotopic (exact) mass is 320 g/mol. The molecule has 5 nitrogen and oxygen atoms in total. The van der Waals surface area contributed by atoms with Crippen molar-refractivity contribution in [3.8, 4) is 0 Å². The lowest BCUT2D eigenvalue weighted by molar-refractivity contribution is 0.140. The van der Waals surface area contributed by atoms with E-state index in [-0.39, 0.29) is 18.1 Å². The average molecular weight is 320 g/mol. The lowest BCUT2D eigenvalue weighted by atomic mass is 10.2. The van der Waals surface area contributed by atoms with Crippen LogP contribution in [0.1, 0.15) is 18.9 Å². The van der Waals surface area contributed by atoms with Crippen molar-refractivity contribution >= 4 is 10.0 Å². The van der Waals surface area contributed by atoms with Crippen molar-refractivity contribution in [2.75, 3.05) is 6.54 Å². The van der Waals surface area contributed by atoms with E-state index in [0.717, 1.165) is 5.56 Å². The fourth-order valence-electron chi connectivity index (χ4n) is 2.03. The Morgan fingerprint density at radius 3 is 2.41 bits per heavy atom. The van der Waals surface area contributed by atoms with E-state index in [2.05, 4.69) is 4.98 Å². The SMILES string of the molecule is CCC(O)CN(Cc1ccccc1)S(=O)(=O)c1ccccn1. The van der Waals surface area contributed by atoms with Gasteiger partial charge in [-0.05, 0) is 24.1 Å². The highest BCUT2D eigenvalue weighted by Gasteiger charge is 2.27. The number of rotatable bonds is 7. The molecule has 1 atom stereocenters. The molecule has 1 aromatic carbocycles. The molecule has 1 aromatic heterocycles. The molecule has 1 N–H and O–H groups in total. The minimum absolute atomic E-state index is 0.00534. The summed E-state index contributed by atoms with van der Waals surface area (Å²) in [6.07, 6.45) is 1.23. The van der Waals surface area contributed by atoms with Crippen LogP contribution in [0.15, 0.2) is 59.8 Å². The fraction of sp³-hybridized carbons (Fsp3) is 0.312. The van der Waals surface area contributed by atoms with Crippen molar-refractivity contribution in [2.24, 2.45) is 0 Å². The van der Waals surface area contributed by atoms with E-state index < -0.39 is 16.1 Å². The normalized spacial score (nSPS) is 13.2. The number of hydrogen-bond donors (Lipinski definition) is 1. The molecule has 0 spiro atoms. The molecule has 0 fully saturated rings. The maximum absolute atomic E-state index is 12.7. The average Bonchev–Trinajstić information content (AvgIpc) is 2.56. The van der Waals surface area contributed by atoms with Crippen molar-refractivity contribution in [1.29, 1.82) is 0 Å². The molecular weight excluding hydrogens is 300 g/mol. The minimum atomic E-state index is -3.74. The van der Waals surface area contributed by atoms with Crippen molar-refractivity contribution in [3.63, 3.8) is 0 Å². The van der Waals surface area contributed by atoms with Crippen LogP contribution in [0.4, 0.5) is 0 Å². The van der Waals surface area contributed by atoms with Crippen molar-refractivity contribution in [1.82, 2.24) is 9.29 Å². The van der Waals surface area contributed by atoms with Crippen LogP contribution in [0.5, 0.6) is 0 Å². The number of pyridine rings is 1. The maximum Gasteiger partial charge on any atom is 0.260 e. The van der Waals surface area contributed by atoms with E-state index in [4.69, 9.17) is 0 Å². The Balaban J connectivity index is 2.31. The number of benzene rings is 1. The molecule has 0 aliphatic carbocycles. The predicted molar refractivity (Wildman–Crippen MR) is 84.6 cm³/mol. The summed E-state index contributed by atoms with van der Waals surface area (Å²) in [5.41, 5.74) is 0.866. The third kappa shape index (κ3) is 4.13. The van der Waals surface area contributed by atoms with Crippen LogP contribution in [0.3, 0.4) is 0 Å². The molecule has 0 aliphatic heterocycles. The van der Waals surface area contributed by atoms with Gasteiger partial charge in [-0.1, -0.05) is 43.3 Å². The zero-order valence-electron chi connectivity index (χ0n) is 12.5. The molecule has 0 radical (unpaired) electrons. The number of aromatic nitrogens is 1. The quantitative estimate of drug-likeness (QED) is 0.847. The molecule has 2 rings (SSSR count). The van der Waals surface area contributed by atoms with Gasteiger partial charge in [0.2, 0.25) is 0 Å². The van der Waals surface area contributed by atoms with Gasteiger partial charge in [0.15, 0.2) is 5.03 Å². The summed E-state index contributed by atoms with van der Waals surface area (Å²) in [5, 5.41) is 9.88. The van der Waals surface area contributed by atoms with Crippen LogP contribution in [0, 0.1) is 0 Å². The first-order valence-electron chi connectivity index (χ1n) is 7.17. The molecule has 22 heavy (non-hydrogen) atoms. The highest BCUT2D eigenvalue weighted by atomic mass is 32.2. The molecule has 0 saturated carbocycles. The second-order valence-electron chi connectivity index (χ2n) is 5.01. The van der Waals surface area contributed by atoms with Crippen molar-refractivity contribution < 1.29 is 13.5 Å². The van der Waals surface area contributed by atoms with Gasteiger partial charge < -0.3 is 5.11 Å². The number of hydrogen-bond acceptors (Lipinski definition) is 4. The predicted octanol–water partition coefficient (Wildman–Crippen LogP) is 2.04. The third-order valence-corrected chi connectivity index (χ3v) is 5.06. The lowest BCUT2D eigenvalue weighted by Gasteiger charge is -2.24. The van der Waals surface area contributed by atoms with E-state index in [9.17, 15) is 13.5 Å². The van der Waals surface area contributed by atoms with Crippen LogP contribution in [0.25, 0.3) is 0 Å². The third-order valence-electron chi connectivity index (χ3n) is 3.33. The Bertz CT molecular complexity index is 675. The van der Waals surface area contributed by atoms with E-state index in [1.807, 2.05) is 37.3 Å². The zero-order chi connectivity index (χ0) is 16.0. The molecular formula is C16H20N2O3S. The first kappa shape index (κ1) is 16.6. The molecule has 0 amide bonds. The lowest BCUT2D eigenvalue weighted by Crippen LogP contribution is -2.37. The Hall–Kier alpha value is -1.76.